The quantitative estimate of drug-likeness (QED) is 0.790. The van der Waals surface area contributed by atoms with Gasteiger partial charge >= 0.3 is 0 Å². The monoisotopic (exact) mass is 264 g/mol. The Labute approximate surface area is 117 Å². The normalized spacial score (nSPS) is 12.5. The summed E-state index contributed by atoms with van der Waals surface area (Å²) in [6.07, 6.45) is 5.34. The van der Waals surface area contributed by atoms with Gasteiger partial charge in [-0.05, 0) is 43.3 Å². The highest BCUT2D eigenvalue weighted by atomic mass is 14.9. The molecule has 100 valence electrons. The second-order valence-electron chi connectivity index (χ2n) is 4.76. The first-order valence-corrected chi connectivity index (χ1v) is 6.58. The number of rotatable bonds is 3. The van der Waals surface area contributed by atoms with Crippen LogP contribution in [-0.4, -0.2) is 22.0 Å². The van der Waals surface area contributed by atoms with Crippen LogP contribution in [0.15, 0.2) is 48.9 Å². The molecule has 2 aromatic heterocycles. The lowest BCUT2D eigenvalue weighted by molar-refractivity contribution is 0.689. The molecular weight excluding hydrogens is 248 g/mol. The Balaban J connectivity index is 2.04. The Morgan fingerprint density at radius 2 is 1.65 bits per heavy atom. The van der Waals surface area contributed by atoms with Crippen molar-refractivity contribution in [3.05, 3.63) is 65.7 Å². The SMILES string of the molecule is CNC(c1ccc(C)nc1)c1ccc2nccnc2c1. The molecule has 4 nitrogen and oxygen atoms in total. The second-order valence-corrected chi connectivity index (χ2v) is 4.76. The molecule has 3 rings (SSSR count). The molecule has 0 saturated heterocycles. The smallest absolute Gasteiger partial charge is 0.0890 e. The van der Waals surface area contributed by atoms with Crippen LogP contribution in [0.3, 0.4) is 0 Å². The summed E-state index contributed by atoms with van der Waals surface area (Å²) in [4.78, 5) is 13.0. The third-order valence-corrected chi connectivity index (χ3v) is 3.38. The van der Waals surface area contributed by atoms with Crippen LogP contribution in [0.25, 0.3) is 11.0 Å². The summed E-state index contributed by atoms with van der Waals surface area (Å²) >= 11 is 0. The van der Waals surface area contributed by atoms with Crippen molar-refractivity contribution in [2.45, 2.75) is 13.0 Å². The number of nitrogens with one attached hydrogen (secondary N) is 1. The van der Waals surface area contributed by atoms with Crippen LogP contribution in [0.1, 0.15) is 22.9 Å². The zero-order chi connectivity index (χ0) is 13.9. The Morgan fingerprint density at radius 3 is 2.35 bits per heavy atom. The first-order valence-electron chi connectivity index (χ1n) is 6.58. The van der Waals surface area contributed by atoms with Gasteiger partial charge in [0, 0.05) is 24.3 Å². The molecule has 0 bridgehead atoms. The molecule has 20 heavy (non-hydrogen) atoms. The number of aryl methyl sites for hydroxylation is 1. The topological polar surface area (TPSA) is 50.7 Å². The largest absolute Gasteiger partial charge is 0.309 e. The fourth-order valence-electron chi connectivity index (χ4n) is 2.34. The van der Waals surface area contributed by atoms with Crippen molar-refractivity contribution in [3.63, 3.8) is 0 Å². The highest BCUT2D eigenvalue weighted by molar-refractivity contribution is 5.74. The van der Waals surface area contributed by atoms with Gasteiger partial charge in [0.25, 0.3) is 0 Å². The third-order valence-electron chi connectivity index (χ3n) is 3.38. The lowest BCUT2D eigenvalue weighted by atomic mass is 9.99. The Morgan fingerprint density at radius 1 is 0.900 bits per heavy atom. The van der Waals surface area contributed by atoms with E-state index in [4.69, 9.17) is 0 Å². The maximum absolute atomic E-state index is 4.37. The van der Waals surface area contributed by atoms with Crippen LogP contribution in [-0.2, 0) is 0 Å². The molecule has 3 aromatic rings. The number of fused-ring (bicyclic) bond motifs is 1. The lowest BCUT2D eigenvalue weighted by Gasteiger charge is -2.17. The second kappa shape index (κ2) is 5.35. The van der Waals surface area contributed by atoms with E-state index in [2.05, 4.69) is 38.5 Å². The van der Waals surface area contributed by atoms with Gasteiger partial charge in [0.1, 0.15) is 0 Å². The van der Waals surface area contributed by atoms with E-state index in [1.54, 1.807) is 12.4 Å². The molecule has 2 heterocycles. The Kier molecular flexibility index (Phi) is 3.39. The van der Waals surface area contributed by atoms with Gasteiger partial charge in [-0.15, -0.1) is 0 Å². The highest BCUT2D eigenvalue weighted by Crippen LogP contribution is 2.23. The van der Waals surface area contributed by atoms with E-state index in [0.29, 0.717) is 0 Å². The number of benzene rings is 1. The van der Waals surface area contributed by atoms with E-state index >= 15 is 0 Å². The summed E-state index contributed by atoms with van der Waals surface area (Å²) < 4.78 is 0. The highest BCUT2D eigenvalue weighted by Gasteiger charge is 2.13. The van der Waals surface area contributed by atoms with Crippen molar-refractivity contribution in [3.8, 4) is 0 Å². The summed E-state index contributed by atoms with van der Waals surface area (Å²) in [5, 5.41) is 3.33. The van der Waals surface area contributed by atoms with Crippen molar-refractivity contribution >= 4 is 11.0 Å². The standard InChI is InChI=1S/C16H16N4/c1-11-3-4-13(10-20-11)16(17-2)12-5-6-14-15(9-12)19-8-7-18-14/h3-10,16-17H,1-2H3. The number of hydrogen-bond donors (Lipinski definition) is 1. The number of pyridine rings is 1. The van der Waals surface area contributed by atoms with Crippen molar-refractivity contribution in [1.82, 2.24) is 20.3 Å². The summed E-state index contributed by atoms with van der Waals surface area (Å²) in [6, 6.07) is 10.4. The zero-order valence-electron chi connectivity index (χ0n) is 11.5. The predicted molar refractivity (Wildman–Crippen MR) is 79.4 cm³/mol. The first kappa shape index (κ1) is 12.7. The molecular formula is C16H16N4. The van der Waals surface area contributed by atoms with E-state index < -0.39 is 0 Å². The molecule has 0 fully saturated rings. The minimum Gasteiger partial charge on any atom is -0.309 e. The van der Waals surface area contributed by atoms with Crippen LogP contribution in [0.4, 0.5) is 0 Å². The Bertz CT molecular complexity index is 722. The first-order chi connectivity index (χ1) is 9.78. The summed E-state index contributed by atoms with van der Waals surface area (Å²) in [5.74, 6) is 0. The van der Waals surface area contributed by atoms with Crippen molar-refractivity contribution in [2.24, 2.45) is 0 Å². The molecule has 4 heteroatoms. The van der Waals surface area contributed by atoms with Gasteiger partial charge in [0.2, 0.25) is 0 Å². The molecule has 1 aromatic carbocycles. The van der Waals surface area contributed by atoms with Gasteiger partial charge in [-0.3, -0.25) is 15.0 Å². The van der Waals surface area contributed by atoms with Crippen molar-refractivity contribution < 1.29 is 0 Å². The van der Waals surface area contributed by atoms with Gasteiger partial charge < -0.3 is 5.32 Å². The predicted octanol–water partition coefficient (Wildman–Crippen LogP) is 2.64. The summed E-state index contributed by atoms with van der Waals surface area (Å²) in [6.45, 7) is 1.99. The van der Waals surface area contributed by atoms with E-state index in [1.807, 2.05) is 32.3 Å². The van der Waals surface area contributed by atoms with Crippen LogP contribution in [0, 0.1) is 6.92 Å². The van der Waals surface area contributed by atoms with Gasteiger partial charge in [-0.1, -0.05) is 12.1 Å². The van der Waals surface area contributed by atoms with Crippen molar-refractivity contribution in [1.29, 1.82) is 0 Å². The van der Waals surface area contributed by atoms with Gasteiger partial charge in [-0.25, -0.2) is 0 Å². The molecule has 1 N–H and O–H groups in total. The van der Waals surface area contributed by atoms with Crippen molar-refractivity contribution in [2.75, 3.05) is 7.05 Å². The molecule has 0 aliphatic heterocycles. The molecule has 0 amide bonds. The van der Waals surface area contributed by atoms with Gasteiger partial charge in [0.05, 0.1) is 17.1 Å². The van der Waals surface area contributed by atoms with Crippen LogP contribution < -0.4 is 5.32 Å². The molecule has 0 spiro atoms. The third kappa shape index (κ3) is 2.38. The molecule has 0 saturated carbocycles. The average molecular weight is 264 g/mol. The summed E-state index contributed by atoms with van der Waals surface area (Å²) in [7, 11) is 1.95. The van der Waals surface area contributed by atoms with E-state index in [0.717, 1.165) is 27.9 Å². The van der Waals surface area contributed by atoms with Crippen LogP contribution >= 0.6 is 0 Å². The fourth-order valence-corrected chi connectivity index (χ4v) is 2.34. The Hall–Kier alpha value is -2.33. The fraction of sp³-hybridized carbons (Fsp3) is 0.188. The average Bonchev–Trinajstić information content (AvgIpc) is 2.50. The van der Waals surface area contributed by atoms with E-state index in [1.165, 1.54) is 0 Å². The molecule has 1 unspecified atom stereocenters. The maximum atomic E-state index is 4.37. The minimum absolute atomic E-state index is 0.106. The molecule has 0 aliphatic carbocycles. The number of nitrogens with zero attached hydrogens (tertiary/aromatic N) is 3. The van der Waals surface area contributed by atoms with Crippen LogP contribution in [0.2, 0.25) is 0 Å². The minimum atomic E-state index is 0.106. The van der Waals surface area contributed by atoms with E-state index in [9.17, 15) is 0 Å². The number of aromatic nitrogens is 3. The molecule has 0 aliphatic rings. The van der Waals surface area contributed by atoms with Gasteiger partial charge in [-0.2, -0.15) is 0 Å². The summed E-state index contributed by atoms with van der Waals surface area (Å²) in [5.41, 5.74) is 5.14. The molecule has 0 radical (unpaired) electrons. The van der Waals surface area contributed by atoms with Crippen LogP contribution in [0.5, 0.6) is 0 Å². The number of hydrogen-bond acceptors (Lipinski definition) is 4. The molecule has 1 atom stereocenters. The maximum Gasteiger partial charge on any atom is 0.0890 e. The van der Waals surface area contributed by atoms with E-state index in [-0.39, 0.29) is 6.04 Å². The lowest BCUT2D eigenvalue weighted by Crippen LogP contribution is -2.17. The zero-order valence-corrected chi connectivity index (χ0v) is 11.5. The van der Waals surface area contributed by atoms with Gasteiger partial charge in [0.15, 0.2) is 0 Å².